The van der Waals surface area contributed by atoms with Crippen LogP contribution < -0.4 is 10.2 Å². The summed E-state index contributed by atoms with van der Waals surface area (Å²) >= 11 is 0. The molecule has 4 rings (SSSR count). The lowest BCUT2D eigenvalue weighted by atomic mass is 9.85. The number of hydrogen-bond acceptors (Lipinski definition) is 4. The highest BCUT2D eigenvalue weighted by Crippen LogP contribution is 2.35. The van der Waals surface area contributed by atoms with E-state index >= 15 is 0 Å². The first-order valence-electron chi connectivity index (χ1n) is 10.3. The Morgan fingerprint density at radius 1 is 0.929 bits per heavy atom. The van der Waals surface area contributed by atoms with E-state index in [0.29, 0.717) is 12.8 Å². The molecule has 28 heavy (non-hydrogen) atoms. The molecule has 6 nitrogen and oxygen atoms in total. The van der Waals surface area contributed by atoms with Gasteiger partial charge in [-0.25, -0.2) is 0 Å². The molecular weight excluding hydrogens is 354 g/mol. The van der Waals surface area contributed by atoms with Crippen LogP contribution in [0, 0.1) is 11.8 Å². The molecule has 0 aromatic heterocycles. The Hall–Kier alpha value is -2.63. The summed E-state index contributed by atoms with van der Waals surface area (Å²) in [6.45, 7) is 2.32. The predicted molar refractivity (Wildman–Crippen MR) is 108 cm³/mol. The number of fused-ring (bicyclic) bond motifs is 1. The molecule has 2 atom stereocenters. The molecule has 1 aromatic rings. The van der Waals surface area contributed by atoms with Gasteiger partial charge in [0.25, 0.3) is 0 Å². The van der Waals surface area contributed by atoms with Gasteiger partial charge in [-0.05, 0) is 56.4 Å². The Morgan fingerprint density at radius 3 is 2.14 bits per heavy atom. The van der Waals surface area contributed by atoms with E-state index in [0.717, 1.165) is 18.8 Å². The highest BCUT2D eigenvalue weighted by Gasteiger charge is 2.46. The van der Waals surface area contributed by atoms with E-state index < -0.39 is 0 Å². The van der Waals surface area contributed by atoms with Gasteiger partial charge >= 0.3 is 0 Å². The molecule has 2 fully saturated rings. The van der Waals surface area contributed by atoms with Crippen molar-refractivity contribution in [3.05, 3.63) is 36.4 Å². The Kier molecular flexibility index (Phi) is 5.46. The molecule has 1 N–H and O–H groups in total. The van der Waals surface area contributed by atoms with Crippen molar-refractivity contribution in [2.75, 3.05) is 29.9 Å². The predicted octanol–water partition coefficient (Wildman–Crippen LogP) is 2.96. The van der Waals surface area contributed by atoms with Crippen molar-refractivity contribution in [2.45, 2.75) is 38.5 Å². The molecule has 0 bridgehead atoms. The molecule has 148 valence electrons. The van der Waals surface area contributed by atoms with Gasteiger partial charge in [-0.1, -0.05) is 12.2 Å². The maximum Gasteiger partial charge on any atom is 0.233 e. The van der Waals surface area contributed by atoms with Crippen LogP contribution in [0.3, 0.4) is 0 Å². The van der Waals surface area contributed by atoms with E-state index in [-0.39, 0.29) is 42.5 Å². The van der Waals surface area contributed by atoms with Crippen molar-refractivity contribution in [3.63, 3.8) is 0 Å². The van der Waals surface area contributed by atoms with E-state index in [2.05, 4.69) is 10.2 Å². The van der Waals surface area contributed by atoms with Gasteiger partial charge in [-0.15, -0.1) is 0 Å². The summed E-state index contributed by atoms with van der Waals surface area (Å²) in [4.78, 5) is 40.8. The third-order valence-electron chi connectivity index (χ3n) is 6.03. The largest absolute Gasteiger partial charge is 0.372 e. The van der Waals surface area contributed by atoms with Gasteiger partial charge in [0.15, 0.2) is 0 Å². The van der Waals surface area contributed by atoms with Crippen LogP contribution in [0.15, 0.2) is 36.4 Å². The maximum atomic E-state index is 12.4. The second-order valence-corrected chi connectivity index (χ2v) is 7.88. The summed E-state index contributed by atoms with van der Waals surface area (Å²) in [6.07, 6.45) is 9.06. The Balaban J connectivity index is 1.29. The third kappa shape index (κ3) is 3.81. The lowest BCUT2D eigenvalue weighted by Crippen LogP contribution is -2.34. The number of hydrogen-bond donors (Lipinski definition) is 1. The molecule has 1 aromatic carbocycles. The average Bonchev–Trinajstić information content (AvgIpc) is 2.98. The van der Waals surface area contributed by atoms with E-state index in [9.17, 15) is 14.4 Å². The van der Waals surface area contributed by atoms with Gasteiger partial charge in [0.2, 0.25) is 17.7 Å². The molecule has 0 unspecified atom stereocenters. The van der Waals surface area contributed by atoms with Crippen LogP contribution in [0.1, 0.15) is 38.5 Å². The van der Waals surface area contributed by atoms with E-state index in [1.807, 2.05) is 36.4 Å². The highest BCUT2D eigenvalue weighted by atomic mass is 16.2. The standard InChI is InChI=1S/C22H27N3O3/c26-20(12-15-25-21(27)18-6-2-3-7-19(18)22(25)28)23-16-8-10-17(11-9-16)24-13-4-1-5-14-24/h2-3,8-11,18-19H,1,4-7,12-15H2,(H,23,26)/t18-,19-/m0/s1. The Morgan fingerprint density at radius 2 is 1.54 bits per heavy atom. The first kappa shape index (κ1) is 18.7. The summed E-state index contributed by atoms with van der Waals surface area (Å²) in [7, 11) is 0. The second-order valence-electron chi connectivity index (χ2n) is 7.88. The van der Waals surface area contributed by atoms with Crippen molar-refractivity contribution >= 4 is 29.1 Å². The van der Waals surface area contributed by atoms with Gasteiger partial charge < -0.3 is 10.2 Å². The summed E-state index contributed by atoms with van der Waals surface area (Å²) in [6, 6.07) is 7.89. The second kappa shape index (κ2) is 8.17. The zero-order chi connectivity index (χ0) is 19.5. The number of benzene rings is 1. The smallest absolute Gasteiger partial charge is 0.233 e. The minimum atomic E-state index is -0.233. The number of piperidine rings is 1. The number of allylic oxidation sites excluding steroid dienone is 2. The number of likely N-dealkylation sites (tertiary alicyclic amines) is 1. The lowest BCUT2D eigenvalue weighted by Gasteiger charge is -2.28. The van der Waals surface area contributed by atoms with Gasteiger partial charge in [0.1, 0.15) is 0 Å². The number of nitrogens with one attached hydrogen (secondary N) is 1. The van der Waals surface area contributed by atoms with E-state index in [4.69, 9.17) is 0 Å². The molecule has 2 aliphatic heterocycles. The quantitative estimate of drug-likeness (QED) is 0.629. The monoisotopic (exact) mass is 381 g/mol. The average molecular weight is 381 g/mol. The zero-order valence-electron chi connectivity index (χ0n) is 16.1. The number of amides is 3. The zero-order valence-corrected chi connectivity index (χ0v) is 16.1. The maximum absolute atomic E-state index is 12.4. The molecule has 0 radical (unpaired) electrons. The van der Waals surface area contributed by atoms with Gasteiger partial charge in [0, 0.05) is 37.4 Å². The van der Waals surface area contributed by atoms with Crippen LogP contribution in [0.25, 0.3) is 0 Å². The summed E-state index contributed by atoms with van der Waals surface area (Å²) in [5.74, 6) is -0.902. The molecule has 0 spiro atoms. The number of anilines is 2. The molecule has 6 heteroatoms. The van der Waals surface area contributed by atoms with Crippen LogP contribution in [0.4, 0.5) is 11.4 Å². The normalized spacial score (nSPS) is 24.4. The van der Waals surface area contributed by atoms with E-state index in [1.54, 1.807) is 0 Å². The molecule has 3 amide bonds. The van der Waals surface area contributed by atoms with Crippen molar-refractivity contribution < 1.29 is 14.4 Å². The highest BCUT2D eigenvalue weighted by molar-refractivity contribution is 6.05. The molecule has 0 saturated carbocycles. The Bertz CT molecular complexity index is 755. The van der Waals surface area contributed by atoms with Gasteiger partial charge in [0.05, 0.1) is 11.8 Å². The number of carbonyl (C=O) groups is 3. The fourth-order valence-electron chi connectivity index (χ4n) is 4.43. The lowest BCUT2D eigenvalue weighted by molar-refractivity contribution is -0.140. The van der Waals surface area contributed by atoms with Crippen LogP contribution in [0.5, 0.6) is 0 Å². The number of carbonyl (C=O) groups excluding carboxylic acids is 3. The van der Waals surface area contributed by atoms with Gasteiger partial charge in [-0.2, -0.15) is 0 Å². The fraction of sp³-hybridized carbons (Fsp3) is 0.500. The van der Waals surface area contributed by atoms with Crippen LogP contribution >= 0.6 is 0 Å². The van der Waals surface area contributed by atoms with Crippen LogP contribution in [0.2, 0.25) is 0 Å². The van der Waals surface area contributed by atoms with Crippen LogP contribution in [-0.4, -0.2) is 42.3 Å². The van der Waals surface area contributed by atoms with Crippen molar-refractivity contribution in [3.8, 4) is 0 Å². The summed E-state index contributed by atoms with van der Waals surface area (Å²) < 4.78 is 0. The minimum absolute atomic E-state index is 0.123. The number of nitrogens with zero attached hydrogens (tertiary/aromatic N) is 2. The summed E-state index contributed by atoms with van der Waals surface area (Å²) in [5.41, 5.74) is 1.92. The molecule has 2 saturated heterocycles. The molecular formula is C22H27N3O3. The van der Waals surface area contributed by atoms with E-state index in [1.165, 1.54) is 29.8 Å². The molecule has 1 aliphatic carbocycles. The molecule has 3 aliphatic rings. The Labute approximate surface area is 165 Å². The van der Waals surface area contributed by atoms with Gasteiger partial charge in [-0.3, -0.25) is 19.3 Å². The first-order chi connectivity index (χ1) is 13.6. The van der Waals surface area contributed by atoms with Crippen LogP contribution in [-0.2, 0) is 14.4 Å². The number of imide groups is 1. The fourth-order valence-corrected chi connectivity index (χ4v) is 4.43. The SMILES string of the molecule is O=C(CCN1C(=O)[C@H]2CC=CC[C@@H]2C1=O)Nc1ccc(N2CCCCC2)cc1. The van der Waals surface area contributed by atoms with Crippen molar-refractivity contribution in [1.82, 2.24) is 4.90 Å². The summed E-state index contributed by atoms with van der Waals surface area (Å²) in [5, 5.41) is 2.87. The topological polar surface area (TPSA) is 69.7 Å². The first-order valence-corrected chi connectivity index (χ1v) is 10.3. The molecule has 2 heterocycles. The third-order valence-corrected chi connectivity index (χ3v) is 6.03. The van der Waals surface area contributed by atoms with Crippen molar-refractivity contribution in [1.29, 1.82) is 0 Å². The number of rotatable bonds is 5. The van der Waals surface area contributed by atoms with Crippen molar-refractivity contribution in [2.24, 2.45) is 11.8 Å². The minimum Gasteiger partial charge on any atom is -0.372 e.